The Morgan fingerprint density at radius 2 is 2.03 bits per heavy atom. The first kappa shape index (κ1) is 21.3. The van der Waals surface area contributed by atoms with Gasteiger partial charge in [0, 0.05) is 22.8 Å². The highest BCUT2D eigenvalue weighted by Crippen LogP contribution is 2.35. The molecule has 7 nitrogen and oxygen atoms in total. The molecular weight excluding hydrogens is 436 g/mol. The van der Waals surface area contributed by atoms with Crippen molar-refractivity contribution in [3.8, 4) is 5.75 Å². The molecule has 0 bridgehead atoms. The van der Waals surface area contributed by atoms with Crippen molar-refractivity contribution in [2.45, 2.75) is 25.8 Å². The van der Waals surface area contributed by atoms with Crippen LogP contribution in [0.25, 0.3) is 0 Å². The second kappa shape index (κ2) is 9.45. The van der Waals surface area contributed by atoms with E-state index in [1.807, 2.05) is 6.92 Å². The number of carbonyl (C=O) groups is 2. The van der Waals surface area contributed by atoms with Crippen molar-refractivity contribution in [3.63, 3.8) is 0 Å². The minimum atomic E-state index is -0.353. The van der Waals surface area contributed by atoms with E-state index < -0.39 is 0 Å². The van der Waals surface area contributed by atoms with Crippen molar-refractivity contribution in [2.75, 3.05) is 18.5 Å². The number of anilines is 1. The van der Waals surface area contributed by atoms with Crippen LogP contribution in [0.3, 0.4) is 0 Å². The van der Waals surface area contributed by atoms with E-state index >= 15 is 0 Å². The Morgan fingerprint density at radius 1 is 1.23 bits per heavy atom. The maximum Gasteiger partial charge on any atom is 0.286 e. The van der Waals surface area contributed by atoms with Gasteiger partial charge in [0.05, 0.1) is 12.6 Å². The third kappa shape index (κ3) is 4.86. The zero-order valence-corrected chi connectivity index (χ0v) is 18.4. The van der Waals surface area contributed by atoms with Crippen LogP contribution in [0.15, 0.2) is 48.5 Å². The number of amides is 2. The molecular formula is C22H21ClN4O3S. The van der Waals surface area contributed by atoms with Crippen LogP contribution < -0.4 is 10.1 Å². The molecule has 31 heavy (non-hydrogen) atoms. The summed E-state index contributed by atoms with van der Waals surface area (Å²) in [6.45, 7) is 3.13. The number of hydrogen-bond acceptors (Lipinski definition) is 6. The van der Waals surface area contributed by atoms with Gasteiger partial charge in [0.2, 0.25) is 5.01 Å². The monoisotopic (exact) mass is 456 g/mol. The van der Waals surface area contributed by atoms with Gasteiger partial charge in [0.15, 0.2) is 0 Å². The Morgan fingerprint density at radius 3 is 2.77 bits per heavy atom. The molecule has 3 aromatic rings. The van der Waals surface area contributed by atoms with Gasteiger partial charge in [-0.15, -0.1) is 10.2 Å². The Bertz CT molecular complexity index is 1090. The summed E-state index contributed by atoms with van der Waals surface area (Å²) < 4.78 is 5.44. The second-order valence-corrected chi connectivity index (χ2v) is 8.47. The maximum atomic E-state index is 13.1. The second-order valence-electron chi connectivity index (χ2n) is 7.02. The van der Waals surface area contributed by atoms with Crippen LogP contribution >= 0.6 is 22.9 Å². The molecule has 1 saturated heterocycles. The van der Waals surface area contributed by atoms with E-state index in [1.165, 1.54) is 11.3 Å². The van der Waals surface area contributed by atoms with E-state index in [-0.39, 0.29) is 22.9 Å². The summed E-state index contributed by atoms with van der Waals surface area (Å²) in [6, 6.07) is 13.8. The lowest BCUT2D eigenvalue weighted by molar-refractivity contribution is 0.0735. The van der Waals surface area contributed by atoms with Gasteiger partial charge in [0.25, 0.3) is 11.8 Å². The molecule has 1 fully saturated rings. The molecule has 160 valence electrons. The summed E-state index contributed by atoms with van der Waals surface area (Å²) in [5.74, 6) is 0.315. The highest BCUT2D eigenvalue weighted by atomic mass is 35.5. The third-order valence-corrected chi connectivity index (χ3v) is 6.19. The summed E-state index contributed by atoms with van der Waals surface area (Å²) >= 11 is 7.17. The Balaban J connectivity index is 1.47. The van der Waals surface area contributed by atoms with Crippen molar-refractivity contribution < 1.29 is 14.3 Å². The van der Waals surface area contributed by atoms with Gasteiger partial charge in [0.1, 0.15) is 10.8 Å². The molecule has 1 aromatic heterocycles. The lowest BCUT2D eigenvalue weighted by Crippen LogP contribution is -2.30. The van der Waals surface area contributed by atoms with E-state index in [1.54, 1.807) is 53.4 Å². The van der Waals surface area contributed by atoms with Crippen molar-refractivity contribution >= 4 is 40.4 Å². The van der Waals surface area contributed by atoms with Gasteiger partial charge in [-0.1, -0.05) is 29.0 Å². The molecule has 1 N–H and O–H groups in total. The number of carbonyl (C=O) groups excluding carboxylic acids is 2. The number of likely N-dealkylation sites (tertiary alicyclic amines) is 1. The first-order chi connectivity index (χ1) is 15.0. The molecule has 0 unspecified atom stereocenters. The molecule has 0 radical (unpaired) electrons. The van der Waals surface area contributed by atoms with Gasteiger partial charge in [-0.3, -0.25) is 9.59 Å². The van der Waals surface area contributed by atoms with E-state index in [0.717, 1.165) is 18.6 Å². The van der Waals surface area contributed by atoms with Gasteiger partial charge < -0.3 is 15.0 Å². The van der Waals surface area contributed by atoms with Gasteiger partial charge in [-0.05, 0) is 62.2 Å². The summed E-state index contributed by atoms with van der Waals surface area (Å²) in [5.41, 5.74) is 1.18. The number of halogens is 1. The summed E-state index contributed by atoms with van der Waals surface area (Å²) in [4.78, 5) is 27.4. The zero-order chi connectivity index (χ0) is 21.8. The van der Waals surface area contributed by atoms with E-state index in [4.69, 9.17) is 16.3 Å². The molecule has 0 aliphatic carbocycles. The number of hydrogen-bond donors (Lipinski definition) is 1. The van der Waals surface area contributed by atoms with Crippen LogP contribution in [-0.4, -0.2) is 40.1 Å². The van der Waals surface area contributed by atoms with Crippen molar-refractivity contribution in [1.82, 2.24) is 15.1 Å². The Labute approximate surface area is 189 Å². The summed E-state index contributed by atoms with van der Waals surface area (Å²) in [6.07, 6.45) is 1.66. The number of benzene rings is 2. The molecule has 1 aliphatic heterocycles. The average Bonchev–Trinajstić information content (AvgIpc) is 3.44. The molecule has 0 spiro atoms. The fraction of sp³-hybridized carbons (Fsp3) is 0.273. The average molecular weight is 457 g/mol. The molecule has 9 heteroatoms. The normalized spacial score (nSPS) is 15.7. The molecule has 2 amide bonds. The smallest absolute Gasteiger partial charge is 0.286 e. The largest absolute Gasteiger partial charge is 0.494 e. The number of aromatic nitrogens is 2. The maximum absolute atomic E-state index is 13.1. The summed E-state index contributed by atoms with van der Waals surface area (Å²) in [7, 11) is 0. The minimum Gasteiger partial charge on any atom is -0.494 e. The molecule has 1 aliphatic rings. The number of nitrogens with zero attached hydrogens (tertiary/aromatic N) is 3. The lowest BCUT2D eigenvalue weighted by atomic mass is 10.1. The van der Waals surface area contributed by atoms with E-state index in [2.05, 4.69) is 15.5 Å². The molecule has 0 saturated carbocycles. The lowest BCUT2D eigenvalue weighted by Gasteiger charge is -2.22. The summed E-state index contributed by atoms with van der Waals surface area (Å²) in [5, 5.41) is 12.5. The SMILES string of the molecule is CCOc1ccc(C(=O)N2CCC[C@@H]2c2nnc(C(=O)Nc3cccc(Cl)c3)s2)cc1. The van der Waals surface area contributed by atoms with Crippen LogP contribution in [0.4, 0.5) is 5.69 Å². The molecule has 2 aromatic carbocycles. The van der Waals surface area contributed by atoms with Crippen LogP contribution in [0.5, 0.6) is 5.75 Å². The van der Waals surface area contributed by atoms with Crippen LogP contribution in [0, 0.1) is 0 Å². The first-order valence-corrected chi connectivity index (χ1v) is 11.2. The van der Waals surface area contributed by atoms with E-state index in [9.17, 15) is 9.59 Å². The van der Waals surface area contributed by atoms with Crippen molar-refractivity contribution in [3.05, 3.63) is 69.1 Å². The van der Waals surface area contributed by atoms with Crippen molar-refractivity contribution in [2.24, 2.45) is 0 Å². The first-order valence-electron chi connectivity index (χ1n) is 9.99. The number of ether oxygens (including phenoxy) is 1. The van der Waals surface area contributed by atoms with Gasteiger partial charge in [-0.2, -0.15) is 0 Å². The fourth-order valence-corrected chi connectivity index (χ4v) is 4.58. The van der Waals surface area contributed by atoms with Crippen LogP contribution in [-0.2, 0) is 0 Å². The van der Waals surface area contributed by atoms with E-state index in [0.29, 0.717) is 34.4 Å². The Kier molecular flexibility index (Phi) is 6.48. The standard InChI is InChI=1S/C22H21ClN4O3S/c1-2-30-17-10-8-14(9-11-17)22(29)27-12-4-7-18(27)20-25-26-21(31-20)19(28)24-16-6-3-5-15(23)13-16/h3,5-6,8-11,13,18H,2,4,7,12H2,1H3,(H,24,28)/t18-/m1/s1. The quantitative estimate of drug-likeness (QED) is 0.574. The third-order valence-electron chi connectivity index (χ3n) is 4.93. The molecule has 4 rings (SSSR count). The predicted molar refractivity (Wildman–Crippen MR) is 120 cm³/mol. The fourth-order valence-electron chi connectivity index (χ4n) is 3.50. The topological polar surface area (TPSA) is 84.4 Å². The van der Waals surface area contributed by atoms with Gasteiger partial charge >= 0.3 is 0 Å². The number of nitrogens with one attached hydrogen (secondary N) is 1. The van der Waals surface area contributed by atoms with Gasteiger partial charge in [-0.25, -0.2) is 0 Å². The predicted octanol–water partition coefficient (Wildman–Crippen LogP) is 4.82. The molecule has 2 heterocycles. The zero-order valence-electron chi connectivity index (χ0n) is 16.9. The highest BCUT2D eigenvalue weighted by molar-refractivity contribution is 7.13. The number of rotatable bonds is 6. The highest BCUT2D eigenvalue weighted by Gasteiger charge is 2.33. The Hall–Kier alpha value is -2.97. The minimum absolute atomic E-state index is 0.0642. The van der Waals surface area contributed by atoms with Crippen LogP contribution in [0.1, 0.15) is 51.0 Å². The van der Waals surface area contributed by atoms with Crippen LogP contribution in [0.2, 0.25) is 5.02 Å². The molecule has 1 atom stereocenters. The van der Waals surface area contributed by atoms with Crippen molar-refractivity contribution in [1.29, 1.82) is 0 Å².